The van der Waals surface area contributed by atoms with Gasteiger partial charge >= 0.3 is 6.09 Å². The summed E-state index contributed by atoms with van der Waals surface area (Å²) in [5, 5.41) is 0. The van der Waals surface area contributed by atoms with Crippen molar-refractivity contribution < 1.29 is 14.3 Å². The maximum atomic E-state index is 12.3. The molecule has 1 spiro atoms. The van der Waals surface area contributed by atoms with Crippen LogP contribution in [0.25, 0.3) is 0 Å². The van der Waals surface area contributed by atoms with Gasteiger partial charge in [0.1, 0.15) is 5.60 Å². The van der Waals surface area contributed by atoms with E-state index in [4.69, 9.17) is 4.74 Å². The third kappa shape index (κ3) is 3.92. The fraction of sp³-hybridized carbons (Fsp3) is 0.700. The Labute approximate surface area is 160 Å². The van der Waals surface area contributed by atoms with Crippen LogP contribution in [-0.2, 0) is 16.0 Å². The molecule has 1 saturated carbocycles. The van der Waals surface area contributed by atoms with Crippen LogP contribution in [0.2, 0.25) is 0 Å². The van der Waals surface area contributed by atoms with Gasteiger partial charge < -0.3 is 9.64 Å². The van der Waals surface area contributed by atoms with E-state index in [9.17, 15) is 9.59 Å². The number of carbonyl (C=O) groups is 2. The lowest BCUT2D eigenvalue weighted by Gasteiger charge is -2.31. The Morgan fingerprint density at radius 2 is 1.93 bits per heavy atom. The lowest BCUT2D eigenvalue weighted by Crippen LogP contribution is -2.37. The number of amides is 2. The van der Waals surface area contributed by atoms with E-state index < -0.39 is 0 Å². The number of piperidine rings is 1. The third-order valence-corrected chi connectivity index (χ3v) is 6.26. The average molecular weight is 372 g/mol. The molecule has 146 valence electrons. The zero-order valence-corrected chi connectivity index (χ0v) is 16.0. The zero-order chi connectivity index (χ0) is 18.9. The van der Waals surface area contributed by atoms with Crippen molar-refractivity contribution in [3.05, 3.63) is 18.1 Å². The molecule has 2 amide bonds. The second kappa shape index (κ2) is 7.44. The van der Waals surface area contributed by atoms with Crippen LogP contribution in [0, 0.1) is 5.92 Å². The lowest BCUT2D eigenvalue weighted by molar-refractivity contribution is -0.130. The Bertz CT molecular complexity index is 692. The molecular weight excluding hydrogens is 344 g/mol. The van der Waals surface area contributed by atoms with E-state index >= 15 is 0 Å². The minimum atomic E-state index is -0.319. The topological polar surface area (TPSA) is 75.6 Å². The van der Waals surface area contributed by atoms with E-state index in [0.717, 1.165) is 63.7 Å². The second-order valence-corrected chi connectivity index (χ2v) is 8.22. The first-order chi connectivity index (χ1) is 13.0. The smallest absolute Gasteiger partial charge is 0.416 e. The summed E-state index contributed by atoms with van der Waals surface area (Å²) in [5.74, 6) is 1.27. The summed E-state index contributed by atoms with van der Waals surface area (Å²) in [5.41, 5.74) is 0.625. The molecule has 1 aromatic heterocycles. The predicted octanol–water partition coefficient (Wildman–Crippen LogP) is 2.94. The van der Waals surface area contributed by atoms with Crippen LogP contribution in [0.5, 0.6) is 0 Å². The van der Waals surface area contributed by atoms with Crippen molar-refractivity contribution in [2.45, 2.75) is 63.9 Å². The number of nitrogens with zero attached hydrogens (tertiary/aromatic N) is 4. The highest BCUT2D eigenvalue weighted by molar-refractivity contribution is 5.89. The normalized spacial score (nSPS) is 22.9. The lowest BCUT2D eigenvalue weighted by atomic mass is 9.85. The van der Waals surface area contributed by atoms with Gasteiger partial charge in [-0.3, -0.25) is 14.7 Å². The average Bonchev–Trinajstić information content (AvgIpc) is 2.99. The van der Waals surface area contributed by atoms with Gasteiger partial charge in [-0.2, -0.15) is 0 Å². The fourth-order valence-electron chi connectivity index (χ4n) is 4.60. The molecule has 1 aliphatic carbocycles. The van der Waals surface area contributed by atoms with Gasteiger partial charge in [-0.1, -0.05) is 6.42 Å². The number of rotatable bonds is 3. The van der Waals surface area contributed by atoms with Crippen molar-refractivity contribution in [2.24, 2.45) is 5.92 Å². The SMILES string of the molecule is CC(=O)N1CCC(Cc2cnc(N3CC4(CCCCC4)OC3=O)cn2)CC1. The predicted molar refractivity (Wildman–Crippen MR) is 100 cm³/mol. The van der Waals surface area contributed by atoms with Gasteiger partial charge in [0.15, 0.2) is 5.82 Å². The Balaban J connectivity index is 1.35. The fourth-order valence-corrected chi connectivity index (χ4v) is 4.60. The summed E-state index contributed by atoms with van der Waals surface area (Å²) in [6.07, 6.45) is 11.4. The number of aromatic nitrogens is 2. The van der Waals surface area contributed by atoms with Gasteiger partial charge in [-0.25, -0.2) is 9.78 Å². The number of carbonyl (C=O) groups excluding carboxylic acids is 2. The number of hydrogen-bond donors (Lipinski definition) is 0. The molecule has 27 heavy (non-hydrogen) atoms. The van der Waals surface area contributed by atoms with Gasteiger partial charge in [-0.15, -0.1) is 0 Å². The molecule has 3 aliphatic rings. The highest BCUT2D eigenvalue weighted by Crippen LogP contribution is 2.38. The van der Waals surface area contributed by atoms with E-state index in [2.05, 4.69) is 9.97 Å². The van der Waals surface area contributed by atoms with Crippen molar-refractivity contribution in [2.75, 3.05) is 24.5 Å². The van der Waals surface area contributed by atoms with E-state index in [-0.39, 0.29) is 17.6 Å². The molecule has 2 saturated heterocycles. The molecule has 3 heterocycles. The van der Waals surface area contributed by atoms with Crippen molar-refractivity contribution in [1.82, 2.24) is 14.9 Å². The third-order valence-electron chi connectivity index (χ3n) is 6.26. The zero-order valence-electron chi connectivity index (χ0n) is 16.0. The Morgan fingerprint density at radius 3 is 2.56 bits per heavy atom. The first-order valence-electron chi connectivity index (χ1n) is 10.1. The van der Waals surface area contributed by atoms with E-state index in [0.29, 0.717) is 18.3 Å². The van der Waals surface area contributed by atoms with Gasteiger partial charge in [0.25, 0.3) is 0 Å². The maximum Gasteiger partial charge on any atom is 0.416 e. The van der Waals surface area contributed by atoms with Crippen LogP contribution >= 0.6 is 0 Å². The molecule has 3 fully saturated rings. The highest BCUT2D eigenvalue weighted by Gasteiger charge is 2.46. The summed E-state index contributed by atoms with van der Waals surface area (Å²) in [6.45, 7) is 3.87. The van der Waals surface area contributed by atoms with Crippen molar-refractivity contribution in [3.63, 3.8) is 0 Å². The van der Waals surface area contributed by atoms with Crippen LogP contribution in [0.15, 0.2) is 12.4 Å². The van der Waals surface area contributed by atoms with Gasteiger partial charge in [-0.05, 0) is 50.9 Å². The highest BCUT2D eigenvalue weighted by atomic mass is 16.6. The van der Waals surface area contributed by atoms with Crippen LogP contribution in [-0.4, -0.2) is 52.1 Å². The van der Waals surface area contributed by atoms with Gasteiger partial charge in [0.05, 0.1) is 24.6 Å². The maximum absolute atomic E-state index is 12.3. The molecule has 1 aromatic rings. The molecule has 0 N–H and O–H groups in total. The van der Waals surface area contributed by atoms with Gasteiger partial charge in [0, 0.05) is 20.0 Å². The Hall–Kier alpha value is -2.18. The molecule has 0 aromatic carbocycles. The summed E-state index contributed by atoms with van der Waals surface area (Å²) in [6, 6.07) is 0. The first kappa shape index (κ1) is 18.2. The van der Waals surface area contributed by atoms with Crippen LogP contribution in [0.4, 0.5) is 10.6 Å². The minimum Gasteiger partial charge on any atom is -0.441 e. The summed E-state index contributed by atoms with van der Waals surface area (Å²) in [4.78, 5) is 36.3. The van der Waals surface area contributed by atoms with E-state index in [1.165, 1.54) is 6.42 Å². The quantitative estimate of drug-likeness (QED) is 0.815. The molecule has 2 aliphatic heterocycles. The molecule has 0 bridgehead atoms. The van der Waals surface area contributed by atoms with Crippen LogP contribution < -0.4 is 4.90 Å². The van der Waals surface area contributed by atoms with E-state index in [1.807, 2.05) is 4.90 Å². The number of ether oxygens (including phenoxy) is 1. The molecule has 7 heteroatoms. The largest absolute Gasteiger partial charge is 0.441 e. The van der Waals surface area contributed by atoms with Crippen molar-refractivity contribution in [3.8, 4) is 0 Å². The number of anilines is 1. The van der Waals surface area contributed by atoms with Gasteiger partial charge in [0.2, 0.25) is 5.91 Å². The van der Waals surface area contributed by atoms with Crippen LogP contribution in [0.3, 0.4) is 0 Å². The summed E-state index contributed by atoms with van der Waals surface area (Å²) in [7, 11) is 0. The van der Waals surface area contributed by atoms with Crippen LogP contribution in [0.1, 0.15) is 57.6 Å². The summed E-state index contributed by atoms with van der Waals surface area (Å²) >= 11 is 0. The Morgan fingerprint density at radius 1 is 1.19 bits per heavy atom. The molecule has 0 atom stereocenters. The standard InChI is InChI=1S/C20H28N4O3/c1-15(25)23-9-5-16(6-10-23)11-17-12-22-18(13-21-17)24-14-20(27-19(24)26)7-3-2-4-8-20/h12-13,16H,2-11,14H2,1H3. The van der Waals surface area contributed by atoms with Crippen molar-refractivity contribution >= 4 is 17.8 Å². The Kier molecular flexibility index (Phi) is 5.02. The minimum absolute atomic E-state index is 0.158. The molecule has 7 nitrogen and oxygen atoms in total. The number of likely N-dealkylation sites (tertiary alicyclic amines) is 1. The van der Waals surface area contributed by atoms with E-state index in [1.54, 1.807) is 24.2 Å². The summed E-state index contributed by atoms with van der Waals surface area (Å²) < 4.78 is 5.72. The molecule has 0 unspecified atom stereocenters. The first-order valence-corrected chi connectivity index (χ1v) is 10.1. The number of hydrogen-bond acceptors (Lipinski definition) is 5. The second-order valence-electron chi connectivity index (χ2n) is 8.22. The molecular formula is C20H28N4O3. The van der Waals surface area contributed by atoms with Crippen molar-refractivity contribution in [1.29, 1.82) is 0 Å². The monoisotopic (exact) mass is 372 g/mol. The molecule has 0 radical (unpaired) electrons. The molecule has 4 rings (SSSR count).